The van der Waals surface area contributed by atoms with Gasteiger partial charge in [0.15, 0.2) is 0 Å². The van der Waals surface area contributed by atoms with Crippen LogP contribution < -0.4 is 5.32 Å². The number of rotatable bonds is 7. The summed E-state index contributed by atoms with van der Waals surface area (Å²) in [6.07, 6.45) is 5.27. The molecule has 82 valence electrons. The fourth-order valence-electron chi connectivity index (χ4n) is 1.48. The highest BCUT2D eigenvalue weighted by atomic mass is 16.4. The fraction of sp³-hybridized carbons (Fsp3) is 0.909. The minimum Gasteiger partial charge on any atom is -0.480 e. The molecule has 2 N–H and O–H groups in total. The molecule has 0 aromatic rings. The predicted octanol–water partition coefficient (Wildman–Crippen LogP) is 2.02. The van der Waals surface area contributed by atoms with Crippen LogP contribution in [0.5, 0.6) is 0 Å². The zero-order valence-corrected chi connectivity index (χ0v) is 9.18. The first-order valence-electron chi connectivity index (χ1n) is 5.53. The van der Waals surface area contributed by atoms with Crippen LogP contribution in [-0.2, 0) is 4.79 Å². The summed E-state index contributed by atoms with van der Waals surface area (Å²) in [6.45, 7) is 5.15. The van der Waals surface area contributed by atoms with E-state index < -0.39 is 5.97 Å². The Morgan fingerprint density at radius 3 is 2.64 bits per heavy atom. The summed E-state index contributed by atoms with van der Waals surface area (Å²) in [4.78, 5) is 10.9. The lowest BCUT2D eigenvalue weighted by molar-refractivity contribution is -0.139. The van der Waals surface area contributed by atoms with Crippen LogP contribution in [0.2, 0.25) is 0 Å². The molecule has 1 unspecified atom stereocenters. The number of hydrogen-bond acceptors (Lipinski definition) is 2. The maximum atomic E-state index is 10.9. The standard InChI is InChI=1S/C11H21NO2/c1-3-4-5-9(10(13)14)12-8-11(2)6-7-11/h9,12H,3-8H2,1-2H3,(H,13,14). The van der Waals surface area contributed by atoms with Gasteiger partial charge in [-0.15, -0.1) is 0 Å². The minimum atomic E-state index is -0.706. The van der Waals surface area contributed by atoms with Gasteiger partial charge in [0.25, 0.3) is 0 Å². The van der Waals surface area contributed by atoms with Crippen molar-refractivity contribution in [1.82, 2.24) is 5.32 Å². The average molecular weight is 199 g/mol. The Labute approximate surface area is 85.9 Å². The van der Waals surface area contributed by atoms with Crippen molar-refractivity contribution in [3.05, 3.63) is 0 Å². The van der Waals surface area contributed by atoms with Crippen molar-refractivity contribution in [2.75, 3.05) is 6.54 Å². The van der Waals surface area contributed by atoms with E-state index in [2.05, 4.69) is 19.2 Å². The largest absolute Gasteiger partial charge is 0.480 e. The second-order valence-corrected chi connectivity index (χ2v) is 4.72. The Balaban J connectivity index is 2.24. The number of carboxylic acids is 1. The van der Waals surface area contributed by atoms with E-state index in [1.807, 2.05) is 0 Å². The molecule has 14 heavy (non-hydrogen) atoms. The van der Waals surface area contributed by atoms with Gasteiger partial charge in [-0.05, 0) is 24.7 Å². The zero-order valence-electron chi connectivity index (χ0n) is 9.18. The molecule has 0 aliphatic heterocycles. The average Bonchev–Trinajstić information content (AvgIpc) is 2.84. The first-order chi connectivity index (χ1) is 6.57. The van der Waals surface area contributed by atoms with Crippen molar-refractivity contribution in [2.45, 2.75) is 52.0 Å². The molecule has 3 heteroatoms. The zero-order chi connectivity index (χ0) is 10.6. The Hall–Kier alpha value is -0.570. The van der Waals surface area contributed by atoms with Crippen LogP contribution in [0.1, 0.15) is 46.0 Å². The smallest absolute Gasteiger partial charge is 0.320 e. The third kappa shape index (κ3) is 3.66. The Bertz CT molecular complexity index is 199. The van der Waals surface area contributed by atoms with Gasteiger partial charge in [-0.1, -0.05) is 26.7 Å². The van der Waals surface area contributed by atoms with Crippen molar-refractivity contribution in [3.8, 4) is 0 Å². The second kappa shape index (κ2) is 4.78. The molecule has 0 spiro atoms. The summed E-state index contributed by atoms with van der Waals surface area (Å²) >= 11 is 0. The summed E-state index contributed by atoms with van der Waals surface area (Å²) < 4.78 is 0. The Kier molecular flexibility index (Phi) is 3.93. The number of carboxylic acid groups (broad SMARTS) is 1. The lowest BCUT2D eigenvalue weighted by Gasteiger charge is -2.16. The van der Waals surface area contributed by atoms with Crippen molar-refractivity contribution >= 4 is 5.97 Å². The number of nitrogens with one attached hydrogen (secondary N) is 1. The molecule has 1 atom stereocenters. The molecular formula is C11H21NO2. The molecule has 0 radical (unpaired) electrons. The molecule has 0 amide bonds. The van der Waals surface area contributed by atoms with Gasteiger partial charge in [0, 0.05) is 6.54 Å². The van der Waals surface area contributed by atoms with E-state index in [-0.39, 0.29) is 6.04 Å². The third-order valence-electron chi connectivity index (χ3n) is 3.02. The van der Waals surface area contributed by atoms with Crippen LogP contribution in [-0.4, -0.2) is 23.7 Å². The van der Waals surface area contributed by atoms with Gasteiger partial charge >= 0.3 is 5.97 Å². The van der Waals surface area contributed by atoms with Crippen molar-refractivity contribution in [1.29, 1.82) is 0 Å². The molecular weight excluding hydrogens is 178 g/mol. The molecule has 1 fully saturated rings. The van der Waals surface area contributed by atoms with Gasteiger partial charge in [-0.25, -0.2) is 0 Å². The quantitative estimate of drug-likeness (QED) is 0.659. The van der Waals surface area contributed by atoms with Gasteiger partial charge in [0.1, 0.15) is 6.04 Å². The van der Waals surface area contributed by atoms with Gasteiger partial charge in [0.2, 0.25) is 0 Å². The maximum Gasteiger partial charge on any atom is 0.320 e. The molecule has 1 aliphatic carbocycles. The first kappa shape index (κ1) is 11.5. The van der Waals surface area contributed by atoms with Crippen molar-refractivity contribution in [3.63, 3.8) is 0 Å². The maximum absolute atomic E-state index is 10.9. The van der Waals surface area contributed by atoms with Crippen LogP contribution in [0.4, 0.5) is 0 Å². The van der Waals surface area contributed by atoms with Gasteiger partial charge in [-0.2, -0.15) is 0 Å². The molecule has 0 bridgehead atoms. The number of carbonyl (C=O) groups is 1. The summed E-state index contributed by atoms with van der Waals surface area (Å²) in [5.74, 6) is -0.706. The second-order valence-electron chi connectivity index (χ2n) is 4.72. The molecule has 1 rings (SSSR count). The van der Waals surface area contributed by atoms with E-state index in [1.54, 1.807) is 0 Å². The van der Waals surface area contributed by atoms with Crippen LogP contribution in [0.3, 0.4) is 0 Å². The SMILES string of the molecule is CCCCC(NCC1(C)CC1)C(=O)O. The monoisotopic (exact) mass is 199 g/mol. The lowest BCUT2D eigenvalue weighted by atomic mass is 10.1. The number of aliphatic carboxylic acids is 1. The van der Waals surface area contributed by atoms with Crippen LogP contribution in [0, 0.1) is 5.41 Å². The number of hydrogen-bond donors (Lipinski definition) is 2. The van der Waals surface area contributed by atoms with Crippen LogP contribution in [0.15, 0.2) is 0 Å². The molecule has 0 aromatic carbocycles. The highest BCUT2D eigenvalue weighted by Crippen LogP contribution is 2.44. The van der Waals surface area contributed by atoms with Crippen molar-refractivity contribution in [2.24, 2.45) is 5.41 Å². The first-order valence-corrected chi connectivity index (χ1v) is 5.53. The van der Waals surface area contributed by atoms with E-state index in [1.165, 1.54) is 12.8 Å². The van der Waals surface area contributed by atoms with Gasteiger partial charge in [-0.3, -0.25) is 4.79 Å². The summed E-state index contributed by atoms with van der Waals surface area (Å²) in [7, 11) is 0. The summed E-state index contributed by atoms with van der Waals surface area (Å²) in [5.41, 5.74) is 0.389. The molecule has 1 saturated carbocycles. The van der Waals surface area contributed by atoms with E-state index in [0.717, 1.165) is 25.8 Å². The molecule has 0 heterocycles. The molecule has 3 nitrogen and oxygen atoms in total. The fourth-order valence-corrected chi connectivity index (χ4v) is 1.48. The topological polar surface area (TPSA) is 49.3 Å². The van der Waals surface area contributed by atoms with Crippen molar-refractivity contribution < 1.29 is 9.90 Å². The summed E-state index contributed by atoms with van der Waals surface area (Å²) in [5, 5.41) is 12.1. The predicted molar refractivity (Wildman–Crippen MR) is 56.3 cm³/mol. The molecule has 0 saturated heterocycles. The highest BCUT2D eigenvalue weighted by molar-refractivity contribution is 5.73. The number of unbranched alkanes of at least 4 members (excludes halogenated alkanes) is 1. The van der Waals surface area contributed by atoms with Crippen LogP contribution in [0.25, 0.3) is 0 Å². The highest BCUT2D eigenvalue weighted by Gasteiger charge is 2.37. The van der Waals surface area contributed by atoms with E-state index in [4.69, 9.17) is 5.11 Å². The third-order valence-corrected chi connectivity index (χ3v) is 3.02. The molecule has 1 aliphatic rings. The van der Waals surface area contributed by atoms with E-state index in [9.17, 15) is 4.79 Å². The Morgan fingerprint density at radius 2 is 2.21 bits per heavy atom. The lowest BCUT2D eigenvalue weighted by Crippen LogP contribution is -2.39. The van der Waals surface area contributed by atoms with Gasteiger partial charge < -0.3 is 10.4 Å². The molecule has 0 aromatic heterocycles. The van der Waals surface area contributed by atoms with Gasteiger partial charge in [0.05, 0.1) is 0 Å². The Morgan fingerprint density at radius 1 is 1.57 bits per heavy atom. The van der Waals surface area contributed by atoms with Crippen LogP contribution >= 0.6 is 0 Å². The minimum absolute atomic E-state index is 0.340. The summed E-state index contributed by atoms with van der Waals surface area (Å²) in [6, 6.07) is -0.340. The van der Waals surface area contributed by atoms with E-state index in [0.29, 0.717) is 5.41 Å². The van der Waals surface area contributed by atoms with E-state index >= 15 is 0 Å². The normalized spacial score (nSPS) is 20.4.